The first-order valence-electron chi connectivity index (χ1n) is 10.5. The zero-order valence-corrected chi connectivity index (χ0v) is 17.2. The van der Waals surface area contributed by atoms with Gasteiger partial charge in [-0.25, -0.2) is 9.97 Å². The van der Waals surface area contributed by atoms with Gasteiger partial charge in [0.1, 0.15) is 17.6 Å². The van der Waals surface area contributed by atoms with Gasteiger partial charge in [0.25, 0.3) is 0 Å². The molecule has 4 heterocycles. The first-order chi connectivity index (χ1) is 15.3. The molecular formula is C24H23N7. The molecule has 1 aliphatic rings. The molecule has 0 bridgehead atoms. The van der Waals surface area contributed by atoms with Crippen LogP contribution in [0.15, 0.2) is 54.9 Å². The highest BCUT2D eigenvalue weighted by Gasteiger charge is 2.11. The van der Waals surface area contributed by atoms with Gasteiger partial charge in [-0.05, 0) is 53.1 Å². The number of hydrogen-bond donors (Lipinski definition) is 2. The maximum Gasteiger partial charge on any atom is 0.141 e. The summed E-state index contributed by atoms with van der Waals surface area (Å²) in [6.45, 7) is 5.22. The number of fused-ring (bicyclic) bond motifs is 1. The Kier molecular flexibility index (Phi) is 5.40. The molecule has 5 rings (SSSR count). The Labute approximate surface area is 180 Å². The summed E-state index contributed by atoms with van der Waals surface area (Å²) in [5.74, 6) is 0.895. The molecule has 0 saturated carbocycles. The van der Waals surface area contributed by atoms with Crippen molar-refractivity contribution in [1.29, 1.82) is 5.26 Å². The van der Waals surface area contributed by atoms with Crippen molar-refractivity contribution in [3.8, 4) is 17.2 Å². The van der Waals surface area contributed by atoms with Crippen LogP contribution in [-0.4, -0.2) is 51.0 Å². The van der Waals surface area contributed by atoms with Crippen molar-refractivity contribution >= 4 is 11.0 Å². The number of aromatic amines is 1. The third-order valence-corrected chi connectivity index (χ3v) is 5.58. The quantitative estimate of drug-likeness (QED) is 0.526. The number of H-pyrrole nitrogens is 1. The van der Waals surface area contributed by atoms with E-state index in [-0.39, 0.29) is 0 Å². The molecule has 7 heteroatoms. The molecule has 3 aromatic heterocycles. The van der Waals surface area contributed by atoms with Gasteiger partial charge in [0.15, 0.2) is 0 Å². The van der Waals surface area contributed by atoms with Gasteiger partial charge < -0.3 is 10.3 Å². The van der Waals surface area contributed by atoms with Gasteiger partial charge in [-0.1, -0.05) is 6.07 Å². The number of imidazole rings is 1. The van der Waals surface area contributed by atoms with Crippen LogP contribution in [0.25, 0.3) is 22.2 Å². The minimum atomic E-state index is 0.412. The molecule has 7 nitrogen and oxygen atoms in total. The van der Waals surface area contributed by atoms with E-state index in [1.807, 2.05) is 24.4 Å². The van der Waals surface area contributed by atoms with E-state index in [2.05, 4.69) is 49.4 Å². The lowest BCUT2D eigenvalue weighted by molar-refractivity contribution is 0.233. The van der Waals surface area contributed by atoms with Gasteiger partial charge >= 0.3 is 0 Å². The minimum Gasteiger partial charge on any atom is -0.342 e. The van der Waals surface area contributed by atoms with E-state index < -0.39 is 0 Å². The molecule has 0 atom stereocenters. The number of nitriles is 1. The Morgan fingerprint density at radius 3 is 2.68 bits per heavy atom. The van der Waals surface area contributed by atoms with E-state index in [0.717, 1.165) is 66.4 Å². The fourth-order valence-electron chi connectivity index (χ4n) is 4.02. The van der Waals surface area contributed by atoms with Crippen molar-refractivity contribution in [3.05, 3.63) is 77.6 Å². The average molecular weight is 409 g/mol. The average Bonchev–Trinajstić information content (AvgIpc) is 3.21. The van der Waals surface area contributed by atoms with E-state index >= 15 is 0 Å². The number of hydrogen-bond acceptors (Lipinski definition) is 6. The SMILES string of the molecule is N#Cc1cc(-c2ccc3nc(Cc4cc(CN5CCNCC5)ccn4)[nH]c3c2)ccn1. The van der Waals surface area contributed by atoms with E-state index in [1.54, 1.807) is 12.3 Å². The summed E-state index contributed by atoms with van der Waals surface area (Å²) >= 11 is 0. The first kappa shape index (κ1) is 19.4. The van der Waals surface area contributed by atoms with Crippen LogP contribution in [0.3, 0.4) is 0 Å². The van der Waals surface area contributed by atoms with Gasteiger partial charge in [-0.3, -0.25) is 9.88 Å². The molecule has 4 aromatic rings. The molecular weight excluding hydrogens is 386 g/mol. The lowest BCUT2D eigenvalue weighted by atomic mass is 10.1. The topological polar surface area (TPSA) is 93.5 Å². The molecule has 154 valence electrons. The highest BCUT2D eigenvalue weighted by molar-refractivity contribution is 5.82. The van der Waals surface area contributed by atoms with Crippen LogP contribution >= 0.6 is 0 Å². The smallest absolute Gasteiger partial charge is 0.141 e. The van der Waals surface area contributed by atoms with Gasteiger partial charge in [-0.2, -0.15) is 5.26 Å². The summed E-state index contributed by atoms with van der Waals surface area (Å²) in [7, 11) is 0. The van der Waals surface area contributed by atoms with Crippen LogP contribution in [0, 0.1) is 11.3 Å². The van der Waals surface area contributed by atoms with Gasteiger partial charge in [-0.15, -0.1) is 0 Å². The van der Waals surface area contributed by atoms with E-state index in [9.17, 15) is 0 Å². The lowest BCUT2D eigenvalue weighted by Gasteiger charge is -2.27. The summed E-state index contributed by atoms with van der Waals surface area (Å²) in [6, 6.07) is 16.2. The Morgan fingerprint density at radius 1 is 0.968 bits per heavy atom. The number of benzene rings is 1. The highest BCUT2D eigenvalue weighted by Crippen LogP contribution is 2.24. The second-order valence-corrected chi connectivity index (χ2v) is 7.82. The fraction of sp³-hybridized carbons (Fsp3) is 0.250. The molecule has 1 aliphatic heterocycles. The molecule has 0 amide bonds. The van der Waals surface area contributed by atoms with Crippen molar-refractivity contribution in [2.45, 2.75) is 13.0 Å². The second-order valence-electron chi connectivity index (χ2n) is 7.82. The van der Waals surface area contributed by atoms with Crippen molar-refractivity contribution in [2.75, 3.05) is 26.2 Å². The third kappa shape index (κ3) is 4.45. The third-order valence-electron chi connectivity index (χ3n) is 5.58. The zero-order valence-electron chi connectivity index (χ0n) is 17.2. The van der Waals surface area contributed by atoms with Crippen LogP contribution in [0.4, 0.5) is 0 Å². The summed E-state index contributed by atoms with van der Waals surface area (Å²) in [5, 5.41) is 12.5. The Balaban J connectivity index is 1.35. The number of piperazine rings is 1. The monoisotopic (exact) mass is 409 g/mol. The van der Waals surface area contributed by atoms with Gasteiger partial charge in [0.05, 0.1) is 11.0 Å². The van der Waals surface area contributed by atoms with Crippen LogP contribution in [0.1, 0.15) is 22.8 Å². The minimum absolute atomic E-state index is 0.412. The van der Waals surface area contributed by atoms with Gasteiger partial charge in [0, 0.05) is 57.2 Å². The van der Waals surface area contributed by atoms with E-state index in [4.69, 9.17) is 10.2 Å². The largest absolute Gasteiger partial charge is 0.342 e. The van der Waals surface area contributed by atoms with Crippen LogP contribution < -0.4 is 5.32 Å². The predicted molar refractivity (Wildman–Crippen MR) is 119 cm³/mol. The van der Waals surface area contributed by atoms with E-state index in [1.165, 1.54) is 5.56 Å². The summed E-state index contributed by atoms with van der Waals surface area (Å²) < 4.78 is 0. The lowest BCUT2D eigenvalue weighted by Crippen LogP contribution is -2.42. The zero-order chi connectivity index (χ0) is 21.0. The van der Waals surface area contributed by atoms with Crippen molar-refractivity contribution in [2.24, 2.45) is 0 Å². The van der Waals surface area contributed by atoms with Gasteiger partial charge in [0.2, 0.25) is 0 Å². The number of pyridine rings is 2. The van der Waals surface area contributed by atoms with Crippen molar-refractivity contribution in [1.82, 2.24) is 30.2 Å². The second kappa shape index (κ2) is 8.64. The summed E-state index contributed by atoms with van der Waals surface area (Å²) in [6.07, 6.45) is 4.21. The first-order valence-corrected chi connectivity index (χ1v) is 10.5. The molecule has 0 spiro atoms. The summed E-state index contributed by atoms with van der Waals surface area (Å²) in [5.41, 5.74) is 6.60. The number of nitrogens with one attached hydrogen (secondary N) is 2. The fourth-order valence-corrected chi connectivity index (χ4v) is 4.02. The Morgan fingerprint density at radius 2 is 1.81 bits per heavy atom. The maximum atomic E-state index is 9.10. The number of rotatable bonds is 5. The Hall–Kier alpha value is -3.60. The molecule has 1 saturated heterocycles. The standard InChI is InChI=1S/C24H23N7/c25-15-21-12-19(4-6-28-21)18-1-2-22-23(13-18)30-24(29-22)14-20-11-17(3-5-27-20)16-31-9-7-26-8-10-31/h1-6,11-13,26H,7-10,14,16H2,(H,29,30). The molecule has 0 aliphatic carbocycles. The van der Waals surface area contributed by atoms with Crippen LogP contribution in [0.5, 0.6) is 0 Å². The van der Waals surface area contributed by atoms with Crippen molar-refractivity contribution < 1.29 is 0 Å². The molecule has 1 fully saturated rings. The van der Waals surface area contributed by atoms with Crippen molar-refractivity contribution in [3.63, 3.8) is 0 Å². The maximum absolute atomic E-state index is 9.10. The van der Waals surface area contributed by atoms with Crippen LogP contribution in [0.2, 0.25) is 0 Å². The molecule has 1 aromatic carbocycles. The highest BCUT2D eigenvalue weighted by atomic mass is 15.2. The Bertz CT molecular complexity index is 1250. The van der Waals surface area contributed by atoms with Crippen LogP contribution in [-0.2, 0) is 13.0 Å². The molecule has 0 radical (unpaired) electrons. The normalized spacial score (nSPS) is 14.5. The predicted octanol–water partition coefficient (Wildman–Crippen LogP) is 2.89. The molecule has 0 unspecified atom stereocenters. The number of aromatic nitrogens is 4. The number of nitrogens with zero attached hydrogens (tertiary/aromatic N) is 5. The molecule has 2 N–H and O–H groups in total. The summed E-state index contributed by atoms with van der Waals surface area (Å²) in [4.78, 5) is 19.2. The van der Waals surface area contributed by atoms with E-state index in [0.29, 0.717) is 12.1 Å². The molecule has 31 heavy (non-hydrogen) atoms.